The fraction of sp³-hybridized carbons (Fsp3) is 0.250. The van der Waals surface area contributed by atoms with Crippen molar-refractivity contribution in [1.82, 2.24) is 15.0 Å². The Morgan fingerprint density at radius 3 is 2.62 bits per heavy atom. The zero-order valence-electron chi connectivity index (χ0n) is 15.1. The Morgan fingerprint density at radius 1 is 1.08 bits per heavy atom. The Hall–Kier alpha value is -2.66. The third-order valence-electron chi connectivity index (χ3n) is 4.09. The normalized spacial score (nSPS) is 11.8. The number of pyridine rings is 1. The molecule has 0 fully saturated rings. The molecule has 1 atom stereocenters. The van der Waals surface area contributed by atoms with Crippen LogP contribution in [-0.2, 0) is 0 Å². The second-order valence-electron chi connectivity index (χ2n) is 6.22. The third kappa shape index (κ3) is 4.49. The lowest BCUT2D eigenvalue weighted by Gasteiger charge is -2.14. The van der Waals surface area contributed by atoms with E-state index >= 15 is 0 Å². The van der Waals surface area contributed by atoms with Crippen molar-refractivity contribution in [2.75, 3.05) is 10.6 Å². The predicted octanol–water partition coefficient (Wildman–Crippen LogP) is 5.45. The molecule has 5 nitrogen and oxygen atoms in total. The number of benzene rings is 1. The van der Waals surface area contributed by atoms with Crippen LogP contribution in [0, 0.1) is 6.92 Å². The third-order valence-corrected chi connectivity index (χ3v) is 4.49. The fourth-order valence-corrected chi connectivity index (χ4v) is 2.54. The molecule has 0 aliphatic heterocycles. The zero-order valence-corrected chi connectivity index (χ0v) is 15.9. The van der Waals surface area contributed by atoms with Crippen LogP contribution >= 0.6 is 11.6 Å². The lowest BCUT2D eigenvalue weighted by atomic mass is 10.2. The maximum absolute atomic E-state index is 6.23. The molecule has 0 aliphatic carbocycles. The summed E-state index contributed by atoms with van der Waals surface area (Å²) in [5, 5.41) is 7.36. The standard InChI is InChI=1S/C20H22ClN5/c1-4-14(3)23-20-25-18(17-7-5-6-10-22-17)12-19(26-20)24-15-9-8-13(2)16(21)11-15/h5-12,14H,4H2,1-3H3,(H2,23,24,25,26)/t14-/m1/s1. The lowest BCUT2D eigenvalue weighted by Crippen LogP contribution is -2.16. The number of aromatic nitrogens is 3. The fourth-order valence-electron chi connectivity index (χ4n) is 2.36. The highest BCUT2D eigenvalue weighted by molar-refractivity contribution is 6.31. The summed E-state index contributed by atoms with van der Waals surface area (Å²) in [7, 11) is 0. The van der Waals surface area contributed by atoms with Gasteiger partial charge in [0.1, 0.15) is 5.82 Å². The smallest absolute Gasteiger partial charge is 0.225 e. The topological polar surface area (TPSA) is 62.7 Å². The van der Waals surface area contributed by atoms with E-state index in [1.165, 1.54) is 0 Å². The molecule has 0 aliphatic rings. The van der Waals surface area contributed by atoms with E-state index in [0.29, 0.717) is 16.8 Å². The molecular weight excluding hydrogens is 346 g/mol. The molecule has 2 aromatic heterocycles. The van der Waals surface area contributed by atoms with E-state index in [-0.39, 0.29) is 6.04 Å². The number of nitrogens with one attached hydrogen (secondary N) is 2. The van der Waals surface area contributed by atoms with Crippen LogP contribution in [0.3, 0.4) is 0 Å². The summed E-state index contributed by atoms with van der Waals surface area (Å²) in [6.07, 6.45) is 2.74. The highest BCUT2D eigenvalue weighted by Crippen LogP contribution is 2.25. The SMILES string of the molecule is CC[C@@H](C)Nc1nc(Nc2ccc(C)c(Cl)c2)cc(-c2ccccn2)n1. The van der Waals surface area contributed by atoms with Crippen LogP contribution in [0.15, 0.2) is 48.7 Å². The zero-order chi connectivity index (χ0) is 18.5. The second-order valence-corrected chi connectivity index (χ2v) is 6.63. The van der Waals surface area contributed by atoms with Gasteiger partial charge in [-0.15, -0.1) is 0 Å². The van der Waals surface area contributed by atoms with E-state index in [1.54, 1.807) is 6.20 Å². The van der Waals surface area contributed by atoms with E-state index < -0.39 is 0 Å². The quantitative estimate of drug-likeness (QED) is 0.606. The molecule has 6 heteroatoms. The first-order chi connectivity index (χ1) is 12.5. The highest BCUT2D eigenvalue weighted by Gasteiger charge is 2.10. The summed E-state index contributed by atoms with van der Waals surface area (Å²) >= 11 is 6.23. The number of hydrogen-bond acceptors (Lipinski definition) is 5. The Morgan fingerprint density at radius 2 is 1.92 bits per heavy atom. The van der Waals surface area contributed by atoms with E-state index in [0.717, 1.165) is 29.1 Å². The maximum atomic E-state index is 6.23. The largest absolute Gasteiger partial charge is 0.352 e. The van der Waals surface area contributed by atoms with Gasteiger partial charge in [0, 0.05) is 29.0 Å². The summed E-state index contributed by atoms with van der Waals surface area (Å²) in [6.45, 7) is 6.20. The van der Waals surface area contributed by atoms with Crippen LogP contribution in [0.2, 0.25) is 5.02 Å². The molecule has 3 rings (SSSR count). The molecule has 0 spiro atoms. The highest BCUT2D eigenvalue weighted by atomic mass is 35.5. The van der Waals surface area contributed by atoms with Crippen LogP contribution < -0.4 is 10.6 Å². The predicted molar refractivity (Wildman–Crippen MR) is 108 cm³/mol. The van der Waals surface area contributed by atoms with Crippen molar-refractivity contribution >= 4 is 29.1 Å². The molecule has 0 unspecified atom stereocenters. The van der Waals surface area contributed by atoms with E-state index in [2.05, 4.69) is 39.4 Å². The van der Waals surface area contributed by atoms with Crippen molar-refractivity contribution in [3.63, 3.8) is 0 Å². The summed E-state index contributed by atoms with van der Waals surface area (Å²) in [5.41, 5.74) is 3.47. The Bertz CT molecular complexity index is 883. The van der Waals surface area contributed by atoms with Crippen LogP contribution in [-0.4, -0.2) is 21.0 Å². The van der Waals surface area contributed by atoms with Crippen molar-refractivity contribution in [1.29, 1.82) is 0 Å². The first kappa shape index (κ1) is 18.1. The molecular formula is C20H22ClN5. The Labute approximate surface area is 158 Å². The number of aryl methyl sites for hydroxylation is 1. The second kappa shape index (κ2) is 8.15. The minimum absolute atomic E-state index is 0.274. The molecule has 3 aromatic rings. The summed E-state index contributed by atoms with van der Waals surface area (Å²) in [5.74, 6) is 1.26. The molecule has 1 aromatic carbocycles. The summed E-state index contributed by atoms with van der Waals surface area (Å²) in [6, 6.07) is 13.8. The molecule has 0 amide bonds. The lowest BCUT2D eigenvalue weighted by molar-refractivity contribution is 0.753. The summed E-state index contributed by atoms with van der Waals surface area (Å²) in [4.78, 5) is 13.6. The number of hydrogen-bond donors (Lipinski definition) is 2. The molecule has 0 saturated carbocycles. The number of halogens is 1. The summed E-state index contributed by atoms with van der Waals surface area (Å²) < 4.78 is 0. The molecule has 0 saturated heterocycles. The van der Waals surface area contributed by atoms with Gasteiger partial charge in [-0.2, -0.15) is 4.98 Å². The Kier molecular flexibility index (Phi) is 5.68. The number of anilines is 3. The molecule has 134 valence electrons. The molecule has 0 bridgehead atoms. The van der Waals surface area contributed by atoms with Gasteiger partial charge in [0.15, 0.2) is 0 Å². The van der Waals surface area contributed by atoms with Crippen molar-refractivity contribution in [3.05, 3.63) is 59.2 Å². The van der Waals surface area contributed by atoms with Gasteiger partial charge in [-0.05, 0) is 50.1 Å². The van der Waals surface area contributed by atoms with Gasteiger partial charge in [0.05, 0.1) is 11.4 Å². The molecule has 0 radical (unpaired) electrons. The molecule has 2 N–H and O–H groups in total. The molecule has 2 heterocycles. The average Bonchev–Trinajstić information content (AvgIpc) is 2.65. The van der Waals surface area contributed by atoms with E-state index in [9.17, 15) is 0 Å². The minimum atomic E-state index is 0.274. The van der Waals surface area contributed by atoms with Gasteiger partial charge < -0.3 is 10.6 Å². The van der Waals surface area contributed by atoms with Crippen molar-refractivity contribution in [3.8, 4) is 11.4 Å². The van der Waals surface area contributed by atoms with Gasteiger partial charge in [0.2, 0.25) is 5.95 Å². The van der Waals surface area contributed by atoms with Gasteiger partial charge in [-0.1, -0.05) is 30.7 Å². The first-order valence-corrected chi connectivity index (χ1v) is 9.03. The minimum Gasteiger partial charge on any atom is -0.352 e. The number of nitrogens with zero attached hydrogens (tertiary/aromatic N) is 3. The Balaban J connectivity index is 1.97. The first-order valence-electron chi connectivity index (χ1n) is 8.65. The monoisotopic (exact) mass is 367 g/mol. The molecule has 26 heavy (non-hydrogen) atoms. The van der Waals surface area contributed by atoms with Crippen molar-refractivity contribution in [2.24, 2.45) is 0 Å². The van der Waals surface area contributed by atoms with E-state index in [4.69, 9.17) is 11.6 Å². The average molecular weight is 368 g/mol. The van der Waals surface area contributed by atoms with Crippen molar-refractivity contribution in [2.45, 2.75) is 33.2 Å². The van der Waals surface area contributed by atoms with Gasteiger partial charge in [0.25, 0.3) is 0 Å². The van der Waals surface area contributed by atoms with Crippen LogP contribution in [0.4, 0.5) is 17.5 Å². The maximum Gasteiger partial charge on any atom is 0.225 e. The van der Waals surface area contributed by atoms with Crippen LogP contribution in [0.25, 0.3) is 11.4 Å². The van der Waals surface area contributed by atoms with Gasteiger partial charge >= 0.3 is 0 Å². The van der Waals surface area contributed by atoms with Crippen molar-refractivity contribution < 1.29 is 0 Å². The number of rotatable bonds is 6. The van der Waals surface area contributed by atoms with Gasteiger partial charge in [-0.25, -0.2) is 4.98 Å². The van der Waals surface area contributed by atoms with Gasteiger partial charge in [-0.3, -0.25) is 4.98 Å². The van der Waals surface area contributed by atoms with Crippen LogP contribution in [0.5, 0.6) is 0 Å². The van der Waals surface area contributed by atoms with E-state index in [1.807, 2.05) is 49.4 Å². The van der Waals surface area contributed by atoms with Crippen LogP contribution in [0.1, 0.15) is 25.8 Å².